The Hall–Kier alpha value is -1.96. The van der Waals surface area contributed by atoms with Crippen LogP contribution in [0.2, 0.25) is 0 Å². The number of nitrogen functional groups attached to an aromatic ring is 1. The molecule has 0 aliphatic carbocycles. The Bertz CT molecular complexity index is 770. The van der Waals surface area contributed by atoms with E-state index in [1.165, 1.54) is 47.5 Å². The minimum absolute atomic E-state index is 0.747. The lowest BCUT2D eigenvalue weighted by Crippen LogP contribution is -2.10. The fraction of sp³-hybridized carbons (Fsp3) is 0.400. The largest absolute Gasteiger partial charge is 0.399 e. The molecule has 0 bridgehead atoms. The molecule has 2 nitrogen and oxygen atoms in total. The van der Waals surface area contributed by atoms with Crippen molar-refractivity contribution in [1.82, 2.24) is 4.57 Å². The second-order valence-corrected chi connectivity index (χ2v) is 6.32. The van der Waals surface area contributed by atoms with Gasteiger partial charge in [0.2, 0.25) is 0 Å². The maximum absolute atomic E-state index is 6.01. The van der Waals surface area contributed by atoms with Crippen LogP contribution in [-0.4, -0.2) is 4.57 Å². The average molecular weight is 294 g/mol. The number of nitrogens with zero attached hydrogens (tertiary/aromatic N) is 1. The molecule has 2 N–H and O–H groups in total. The van der Waals surface area contributed by atoms with E-state index in [0.29, 0.717) is 0 Å². The van der Waals surface area contributed by atoms with Gasteiger partial charge in [-0.25, -0.2) is 0 Å². The Morgan fingerprint density at radius 3 is 2.55 bits per heavy atom. The molecule has 3 rings (SSSR count). The molecule has 0 aliphatic heterocycles. The Morgan fingerprint density at radius 2 is 1.77 bits per heavy atom. The third-order valence-electron chi connectivity index (χ3n) is 4.78. The molecule has 0 amide bonds. The summed E-state index contributed by atoms with van der Waals surface area (Å²) in [6.07, 6.45) is 5.15. The Balaban J connectivity index is 2.10. The van der Waals surface area contributed by atoms with E-state index in [1.807, 2.05) is 6.07 Å². The molecule has 0 fully saturated rings. The van der Waals surface area contributed by atoms with Crippen molar-refractivity contribution < 1.29 is 0 Å². The van der Waals surface area contributed by atoms with E-state index >= 15 is 0 Å². The summed E-state index contributed by atoms with van der Waals surface area (Å²) in [5.74, 6) is 0.747. The van der Waals surface area contributed by atoms with Crippen LogP contribution >= 0.6 is 0 Å². The summed E-state index contributed by atoms with van der Waals surface area (Å²) in [6, 6.07) is 15.0. The molecule has 0 saturated carbocycles. The first-order chi connectivity index (χ1) is 10.7. The van der Waals surface area contributed by atoms with Crippen molar-refractivity contribution in [2.24, 2.45) is 5.92 Å². The Kier molecular flexibility index (Phi) is 4.37. The lowest BCUT2D eigenvalue weighted by Gasteiger charge is -2.17. The summed E-state index contributed by atoms with van der Waals surface area (Å²) in [5.41, 5.74) is 9.49. The number of benzene rings is 2. The van der Waals surface area contributed by atoms with Crippen LogP contribution in [0.4, 0.5) is 5.69 Å². The van der Waals surface area contributed by atoms with Gasteiger partial charge in [-0.2, -0.15) is 0 Å². The zero-order valence-electron chi connectivity index (χ0n) is 13.7. The molecule has 1 aromatic heterocycles. The minimum Gasteiger partial charge on any atom is -0.399 e. The van der Waals surface area contributed by atoms with E-state index in [2.05, 4.69) is 54.8 Å². The highest BCUT2D eigenvalue weighted by Crippen LogP contribution is 2.32. The number of para-hydroxylation sites is 1. The van der Waals surface area contributed by atoms with Crippen molar-refractivity contribution in [3.05, 3.63) is 42.5 Å². The van der Waals surface area contributed by atoms with Crippen molar-refractivity contribution in [2.45, 2.75) is 46.1 Å². The fourth-order valence-corrected chi connectivity index (χ4v) is 3.44. The smallest absolute Gasteiger partial charge is 0.0492 e. The molecule has 0 spiro atoms. The number of nitrogens with two attached hydrogens (primary N) is 1. The normalized spacial score (nSPS) is 13.0. The van der Waals surface area contributed by atoms with Crippen molar-refractivity contribution in [3.8, 4) is 0 Å². The number of hydrogen-bond donors (Lipinski definition) is 1. The first-order valence-electron chi connectivity index (χ1n) is 8.51. The van der Waals surface area contributed by atoms with Crippen LogP contribution in [0.15, 0.2) is 42.5 Å². The quantitative estimate of drug-likeness (QED) is 0.590. The van der Waals surface area contributed by atoms with E-state index in [0.717, 1.165) is 18.2 Å². The summed E-state index contributed by atoms with van der Waals surface area (Å²) in [6.45, 7) is 5.69. The lowest BCUT2D eigenvalue weighted by atomic mass is 9.99. The third-order valence-corrected chi connectivity index (χ3v) is 4.78. The minimum atomic E-state index is 0.747. The van der Waals surface area contributed by atoms with Gasteiger partial charge in [0.25, 0.3) is 0 Å². The highest BCUT2D eigenvalue weighted by molar-refractivity contribution is 6.08. The van der Waals surface area contributed by atoms with Gasteiger partial charge in [0.05, 0.1) is 0 Å². The molecule has 3 aromatic rings. The number of anilines is 1. The maximum atomic E-state index is 6.01. The van der Waals surface area contributed by atoms with E-state index < -0.39 is 0 Å². The highest BCUT2D eigenvalue weighted by Gasteiger charge is 2.14. The van der Waals surface area contributed by atoms with Crippen molar-refractivity contribution in [3.63, 3.8) is 0 Å². The maximum Gasteiger partial charge on any atom is 0.0492 e. The van der Waals surface area contributed by atoms with E-state index in [4.69, 9.17) is 5.73 Å². The fourth-order valence-electron chi connectivity index (χ4n) is 3.44. The predicted molar refractivity (Wildman–Crippen MR) is 97.2 cm³/mol. The molecule has 0 radical (unpaired) electrons. The van der Waals surface area contributed by atoms with Gasteiger partial charge in [-0.15, -0.1) is 0 Å². The first kappa shape index (κ1) is 15.0. The molecule has 2 heteroatoms. The SMILES string of the molecule is CCCCC(CC)Cn1c2ccccc2c2cc(N)ccc21. The van der Waals surface area contributed by atoms with Gasteiger partial charge in [0.1, 0.15) is 0 Å². The molecule has 116 valence electrons. The molecule has 0 aliphatic rings. The van der Waals surface area contributed by atoms with Gasteiger partial charge in [0.15, 0.2) is 0 Å². The molecular weight excluding hydrogens is 268 g/mol. The Morgan fingerprint density at radius 1 is 1.00 bits per heavy atom. The average Bonchev–Trinajstić information content (AvgIpc) is 2.85. The summed E-state index contributed by atoms with van der Waals surface area (Å²) in [7, 11) is 0. The molecule has 1 heterocycles. The standard InChI is InChI=1S/C20H26N2/c1-3-5-8-15(4-2)14-22-19-10-7-6-9-17(19)18-13-16(21)11-12-20(18)22/h6-7,9-13,15H,3-5,8,14,21H2,1-2H3. The second-order valence-electron chi connectivity index (χ2n) is 6.32. The predicted octanol–water partition coefficient (Wildman–Crippen LogP) is 5.59. The highest BCUT2D eigenvalue weighted by atomic mass is 15.0. The van der Waals surface area contributed by atoms with E-state index in [-0.39, 0.29) is 0 Å². The number of fused-ring (bicyclic) bond motifs is 3. The Labute approximate surface area is 132 Å². The first-order valence-corrected chi connectivity index (χ1v) is 8.51. The summed E-state index contributed by atoms with van der Waals surface area (Å²) in [5, 5.41) is 2.59. The van der Waals surface area contributed by atoms with Crippen molar-refractivity contribution in [2.75, 3.05) is 5.73 Å². The molecule has 22 heavy (non-hydrogen) atoms. The van der Waals surface area contributed by atoms with Gasteiger partial charge in [0, 0.05) is 34.0 Å². The van der Waals surface area contributed by atoms with Gasteiger partial charge in [-0.05, 0) is 36.6 Å². The number of unbranched alkanes of at least 4 members (excludes halogenated alkanes) is 1. The molecule has 1 unspecified atom stereocenters. The van der Waals surface area contributed by atoms with Gasteiger partial charge in [-0.1, -0.05) is 51.3 Å². The summed E-state index contributed by atoms with van der Waals surface area (Å²) < 4.78 is 2.49. The van der Waals surface area contributed by atoms with Crippen molar-refractivity contribution in [1.29, 1.82) is 0 Å². The van der Waals surface area contributed by atoms with Crippen LogP contribution in [0.1, 0.15) is 39.5 Å². The zero-order chi connectivity index (χ0) is 15.5. The summed E-state index contributed by atoms with van der Waals surface area (Å²) in [4.78, 5) is 0. The van der Waals surface area contributed by atoms with Crippen LogP contribution in [0.5, 0.6) is 0 Å². The molecular formula is C20H26N2. The van der Waals surface area contributed by atoms with Crippen LogP contribution < -0.4 is 5.73 Å². The summed E-state index contributed by atoms with van der Waals surface area (Å²) >= 11 is 0. The van der Waals surface area contributed by atoms with Gasteiger partial charge >= 0.3 is 0 Å². The van der Waals surface area contributed by atoms with Crippen molar-refractivity contribution >= 4 is 27.5 Å². The number of aromatic nitrogens is 1. The van der Waals surface area contributed by atoms with E-state index in [9.17, 15) is 0 Å². The number of rotatable bonds is 6. The second kappa shape index (κ2) is 6.43. The van der Waals surface area contributed by atoms with E-state index in [1.54, 1.807) is 0 Å². The van der Waals surface area contributed by atoms with Crippen LogP contribution in [0.25, 0.3) is 21.8 Å². The monoisotopic (exact) mass is 294 g/mol. The zero-order valence-corrected chi connectivity index (χ0v) is 13.7. The lowest BCUT2D eigenvalue weighted by molar-refractivity contribution is 0.401. The van der Waals surface area contributed by atoms with Gasteiger partial charge < -0.3 is 10.3 Å². The third kappa shape index (κ3) is 2.70. The van der Waals surface area contributed by atoms with Crippen LogP contribution in [0, 0.1) is 5.92 Å². The number of hydrogen-bond acceptors (Lipinski definition) is 1. The van der Waals surface area contributed by atoms with Gasteiger partial charge in [-0.3, -0.25) is 0 Å². The topological polar surface area (TPSA) is 30.9 Å². The molecule has 0 saturated heterocycles. The van der Waals surface area contributed by atoms with Crippen LogP contribution in [0.3, 0.4) is 0 Å². The molecule has 2 aromatic carbocycles. The van der Waals surface area contributed by atoms with Crippen LogP contribution in [-0.2, 0) is 6.54 Å². The molecule has 1 atom stereocenters.